The second-order valence-electron chi connectivity index (χ2n) is 6.40. The first-order valence-corrected chi connectivity index (χ1v) is 8.63. The molecule has 3 N–H and O–H groups in total. The van der Waals surface area contributed by atoms with Crippen molar-refractivity contribution in [1.29, 1.82) is 0 Å². The molecule has 0 bridgehead atoms. The van der Waals surface area contributed by atoms with Gasteiger partial charge in [0.05, 0.1) is 0 Å². The fraction of sp³-hybridized carbons (Fsp3) is 0.350. The highest BCUT2D eigenvalue weighted by Gasteiger charge is 2.21. The molecular weight excluding hydrogens is 298 g/mol. The van der Waals surface area contributed by atoms with E-state index in [1.54, 1.807) is 0 Å². The molecule has 1 amide bonds. The summed E-state index contributed by atoms with van der Waals surface area (Å²) in [6, 6.07) is 13.9. The largest absolute Gasteiger partial charge is 0.399 e. The Bertz CT molecular complexity index is 727. The molecule has 0 atom stereocenters. The zero-order valence-corrected chi connectivity index (χ0v) is 14.2. The summed E-state index contributed by atoms with van der Waals surface area (Å²) in [4.78, 5) is 14.8. The molecule has 0 fully saturated rings. The maximum atomic E-state index is 12.3. The highest BCUT2D eigenvalue weighted by Crippen LogP contribution is 2.29. The molecule has 0 spiro atoms. The summed E-state index contributed by atoms with van der Waals surface area (Å²) in [6.07, 6.45) is 2.25. The van der Waals surface area contributed by atoms with E-state index in [9.17, 15) is 4.79 Å². The predicted molar refractivity (Wildman–Crippen MR) is 98.7 cm³/mol. The van der Waals surface area contributed by atoms with Crippen LogP contribution in [0.15, 0.2) is 42.5 Å². The summed E-state index contributed by atoms with van der Waals surface area (Å²) in [6.45, 7) is 5.19. The van der Waals surface area contributed by atoms with E-state index in [0.29, 0.717) is 12.8 Å². The van der Waals surface area contributed by atoms with Crippen LogP contribution in [-0.2, 0) is 24.3 Å². The van der Waals surface area contributed by atoms with Crippen molar-refractivity contribution in [3.8, 4) is 0 Å². The van der Waals surface area contributed by atoms with Gasteiger partial charge in [-0.15, -0.1) is 0 Å². The molecule has 24 heavy (non-hydrogen) atoms. The number of hydrogen-bond acceptors (Lipinski definition) is 3. The van der Waals surface area contributed by atoms with Crippen LogP contribution in [0.4, 0.5) is 11.4 Å². The van der Waals surface area contributed by atoms with Crippen molar-refractivity contribution >= 4 is 17.3 Å². The summed E-state index contributed by atoms with van der Waals surface area (Å²) in [5.74, 6) is 0.0422. The Morgan fingerprint density at radius 1 is 1.17 bits per heavy atom. The van der Waals surface area contributed by atoms with Gasteiger partial charge >= 0.3 is 0 Å². The molecule has 0 saturated heterocycles. The molecule has 0 aliphatic carbocycles. The number of nitrogens with one attached hydrogen (secondary N) is 1. The lowest BCUT2D eigenvalue weighted by molar-refractivity contribution is -0.116. The maximum absolute atomic E-state index is 12.3. The number of nitrogen functional groups attached to an aromatic ring is 1. The molecule has 0 aromatic heterocycles. The van der Waals surface area contributed by atoms with Crippen LogP contribution in [0, 0.1) is 0 Å². The molecule has 2 aromatic rings. The van der Waals surface area contributed by atoms with E-state index in [4.69, 9.17) is 5.73 Å². The highest BCUT2D eigenvalue weighted by atomic mass is 16.1. The van der Waals surface area contributed by atoms with E-state index in [0.717, 1.165) is 43.0 Å². The van der Waals surface area contributed by atoms with Crippen molar-refractivity contribution in [3.63, 3.8) is 0 Å². The first-order valence-electron chi connectivity index (χ1n) is 8.63. The number of carbonyl (C=O) groups is 1. The number of para-hydroxylation sites is 1. The van der Waals surface area contributed by atoms with Gasteiger partial charge in [0, 0.05) is 30.9 Å². The van der Waals surface area contributed by atoms with E-state index in [2.05, 4.69) is 23.2 Å². The van der Waals surface area contributed by atoms with Crippen LogP contribution in [0.2, 0.25) is 0 Å². The molecule has 0 unspecified atom stereocenters. The standard InChI is InChI=1S/C20H25N3O/c1-2-12-23-13-16-7-5-9-19(17(16)14-23)22-20(24)11-10-15-6-3-4-8-18(15)21/h3-9H,2,10-14,21H2,1H3,(H,22,24). The Labute approximate surface area is 143 Å². The molecule has 1 aliphatic heterocycles. The van der Waals surface area contributed by atoms with Gasteiger partial charge in [-0.05, 0) is 48.2 Å². The lowest BCUT2D eigenvalue weighted by atomic mass is 10.1. The Hall–Kier alpha value is -2.33. The molecule has 4 nitrogen and oxygen atoms in total. The van der Waals surface area contributed by atoms with E-state index >= 15 is 0 Å². The Balaban J connectivity index is 1.62. The Morgan fingerprint density at radius 3 is 2.79 bits per heavy atom. The van der Waals surface area contributed by atoms with E-state index in [1.807, 2.05) is 36.4 Å². The molecule has 3 rings (SSSR count). The van der Waals surface area contributed by atoms with Crippen LogP contribution in [-0.4, -0.2) is 17.4 Å². The summed E-state index contributed by atoms with van der Waals surface area (Å²) in [5.41, 5.74) is 11.3. The zero-order chi connectivity index (χ0) is 16.9. The van der Waals surface area contributed by atoms with E-state index in [1.165, 1.54) is 11.1 Å². The van der Waals surface area contributed by atoms with Crippen molar-refractivity contribution in [1.82, 2.24) is 4.90 Å². The SMILES string of the molecule is CCCN1Cc2cccc(NC(=O)CCc3ccccc3N)c2C1. The van der Waals surface area contributed by atoms with Crippen LogP contribution >= 0.6 is 0 Å². The number of fused-ring (bicyclic) bond motifs is 1. The van der Waals surface area contributed by atoms with Crippen molar-refractivity contribution in [2.24, 2.45) is 0 Å². The topological polar surface area (TPSA) is 58.4 Å². The van der Waals surface area contributed by atoms with Crippen molar-refractivity contribution in [2.45, 2.75) is 39.3 Å². The van der Waals surface area contributed by atoms with Gasteiger partial charge in [0.15, 0.2) is 0 Å². The molecule has 0 saturated carbocycles. The lowest BCUT2D eigenvalue weighted by Crippen LogP contribution is -2.17. The fourth-order valence-corrected chi connectivity index (χ4v) is 3.30. The average Bonchev–Trinajstić information content (AvgIpc) is 2.98. The number of hydrogen-bond donors (Lipinski definition) is 2. The van der Waals surface area contributed by atoms with Crippen molar-refractivity contribution < 1.29 is 4.79 Å². The number of anilines is 2. The minimum atomic E-state index is 0.0422. The van der Waals surface area contributed by atoms with Crippen LogP contribution in [0.25, 0.3) is 0 Å². The van der Waals surface area contributed by atoms with Crippen LogP contribution < -0.4 is 11.1 Å². The number of benzene rings is 2. The monoisotopic (exact) mass is 323 g/mol. The summed E-state index contributed by atoms with van der Waals surface area (Å²) < 4.78 is 0. The second kappa shape index (κ2) is 7.49. The smallest absolute Gasteiger partial charge is 0.224 e. The normalized spacial score (nSPS) is 13.7. The molecule has 1 aliphatic rings. The third-order valence-electron chi connectivity index (χ3n) is 4.54. The van der Waals surface area contributed by atoms with Crippen LogP contribution in [0.3, 0.4) is 0 Å². The van der Waals surface area contributed by atoms with Crippen LogP contribution in [0.5, 0.6) is 0 Å². The van der Waals surface area contributed by atoms with Crippen molar-refractivity contribution in [3.05, 3.63) is 59.2 Å². The van der Waals surface area contributed by atoms with Gasteiger partial charge in [0.1, 0.15) is 0 Å². The minimum Gasteiger partial charge on any atom is -0.399 e. The van der Waals surface area contributed by atoms with E-state index in [-0.39, 0.29) is 5.91 Å². The Kier molecular flexibility index (Phi) is 5.16. The third kappa shape index (κ3) is 3.77. The summed E-state index contributed by atoms with van der Waals surface area (Å²) in [7, 11) is 0. The third-order valence-corrected chi connectivity index (χ3v) is 4.54. The molecule has 126 valence electrons. The predicted octanol–water partition coefficient (Wildman–Crippen LogP) is 3.57. The molecule has 2 aromatic carbocycles. The van der Waals surface area contributed by atoms with Gasteiger partial charge in [-0.3, -0.25) is 9.69 Å². The molecule has 0 radical (unpaired) electrons. The van der Waals surface area contributed by atoms with Gasteiger partial charge < -0.3 is 11.1 Å². The number of nitrogens with two attached hydrogens (primary N) is 1. The number of nitrogens with zero attached hydrogens (tertiary/aromatic N) is 1. The second-order valence-corrected chi connectivity index (χ2v) is 6.40. The van der Waals surface area contributed by atoms with E-state index < -0.39 is 0 Å². The number of aryl methyl sites for hydroxylation is 1. The summed E-state index contributed by atoms with van der Waals surface area (Å²) in [5, 5.41) is 3.09. The molecule has 4 heteroatoms. The number of amides is 1. The van der Waals surface area contributed by atoms with Gasteiger partial charge in [-0.25, -0.2) is 0 Å². The minimum absolute atomic E-state index is 0.0422. The zero-order valence-electron chi connectivity index (χ0n) is 14.2. The van der Waals surface area contributed by atoms with Gasteiger partial charge in [0.25, 0.3) is 0 Å². The van der Waals surface area contributed by atoms with Crippen molar-refractivity contribution in [2.75, 3.05) is 17.6 Å². The number of carbonyl (C=O) groups excluding carboxylic acids is 1. The number of rotatable bonds is 6. The summed E-state index contributed by atoms with van der Waals surface area (Å²) >= 11 is 0. The highest BCUT2D eigenvalue weighted by molar-refractivity contribution is 5.92. The van der Waals surface area contributed by atoms with Gasteiger partial charge in [-0.2, -0.15) is 0 Å². The van der Waals surface area contributed by atoms with Gasteiger partial charge in [-0.1, -0.05) is 37.3 Å². The first kappa shape index (κ1) is 16.5. The van der Waals surface area contributed by atoms with Crippen LogP contribution in [0.1, 0.15) is 36.5 Å². The molecule has 1 heterocycles. The average molecular weight is 323 g/mol. The van der Waals surface area contributed by atoms with Gasteiger partial charge in [0.2, 0.25) is 5.91 Å². The lowest BCUT2D eigenvalue weighted by Gasteiger charge is -2.13. The maximum Gasteiger partial charge on any atom is 0.224 e. The first-order chi connectivity index (χ1) is 11.7. The fourth-order valence-electron chi connectivity index (χ4n) is 3.30. The molecular formula is C20H25N3O. The Morgan fingerprint density at radius 2 is 2.00 bits per heavy atom. The quantitative estimate of drug-likeness (QED) is 0.799.